The molecule has 4 aromatic rings. The van der Waals surface area contributed by atoms with Crippen molar-refractivity contribution in [2.75, 3.05) is 11.1 Å². The summed E-state index contributed by atoms with van der Waals surface area (Å²) in [6.07, 6.45) is 2.96. The van der Waals surface area contributed by atoms with Gasteiger partial charge < -0.3 is 10.3 Å². The van der Waals surface area contributed by atoms with E-state index < -0.39 is 0 Å². The minimum Gasteiger partial charge on any atom is -0.340 e. The summed E-state index contributed by atoms with van der Waals surface area (Å²) in [5, 5.41) is 8.55. The van der Waals surface area contributed by atoms with Gasteiger partial charge in [0.15, 0.2) is 11.5 Å². The van der Waals surface area contributed by atoms with E-state index in [0.717, 1.165) is 16.8 Å². The minimum atomic E-state index is -0.193. The summed E-state index contributed by atoms with van der Waals surface area (Å²) >= 11 is 14.1. The van der Waals surface area contributed by atoms with Gasteiger partial charge in [0, 0.05) is 15.6 Å². The van der Waals surface area contributed by atoms with Gasteiger partial charge >= 0.3 is 0 Å². The fourth-order valence-corrected chi connectivity index (χ4v) is 5.22. The number of rotatable bonds is 2. The van der Waals surface area contributed by atoms with Gasteiger partial charge in [-0.15, -0.1) is 11.8 Å². The van der Waals surface area contributed by atoms with Crippen LogP contribution in [0.3, 0.4) is 0 Å². The van der Waals surface area contributed by atoms with Crippen LogP contribution < -0.4 is 5.32 Å². The molecule has 1 atom stereocenters. The number of hydrogen-bond acceptors (Lipinski definition) is 6. The molecule has 1 aliphatic heterocycles. The van der Waals surface area contributed by atoms with Crippen LogP contribution in [-0.2, 0) is 4.79 Å². The molecule has 146 valence electrons. The average molecular weight is 446 g/mol. The van der Waals surface area contributed by atoms with E-state index in [1.807, 2.05) is 13.0 Å². The highest BCUT2D eigenvalue weighted by Gasteiger charge is 2.32. The Morgan fingerprint density at radius 1 is 1.24 bits per heavy atom. The number of nitrogens with zero attached hydrogens (tertiary/aromatic N) is 5. The predicted octanol–water partition coefficient (Wildman–Crippen LogP) is 3.93. The number of anilines is 1. The molecule has 0 unspecified atom stereocenters. The van der Waals surface area contributed by atoms with Crippen LogP contribution in [0.4, 0.5) is 5.82 Å². The smallest absolute Gasteiger partial charge is 0.235 e. The average Bonchev–Trinajstić information content (AvgIpc) is 3.24. The van der Waals surface area contributed by atoms with E-state index in [0.29, 0.717) is 32.8 Å². The second-order valence-corrected chi connectivity index (χ2v) is 8.40. The summed E-state index contributed by atoms with van der Waals surface area (Å²) in [6.45, 7) is 1.90. The van der Waals surface area contributed by atoms with E-state index in [9.17, 15) is 4.79 Å². The third-order valence-electron chi connectivity index (χ3n) is 4.66. The summed E-state index contributed by atoms with van der Waals surface area (Å²) in [7, 11) is 0. The van der Waals surface area contributed by atoms with Crippen molar-refractivity contribution in [3.8, 4) is 5.82 Å². The number of nitrogens with one attached hydrogen (secondary N) is 2. The molecule has 29 heavy (non-hydrogen) atoms. The Morgan fingerprint density at radius 3 is 2.93 bits per heavy atom. The first kappa shape index (κ1) is 18.4. The summed E-state index contributed by atoms with van der Waals surface area (Å²) in [4.78, 5) is 28.2. The SMILES string of the molecule is Cc1nn(-c2ncnc3nc[nH]c23)c2c1[C@H](c1ccc(Cl)cc1Cl)SCC(=O)N2. The second-order valence-electron chi connectivity index (χ2n) is 6.46. The quantitative estimate of drug-likeness (QED) is 0.484. The summed E-state index contributed by atoms with van der Waals surface area (Å²) < 4.78 is 1.62. The van der Waals surface area contributed by atoms with E-state index in [1.54, 1.807) is 23.1 Å². The van der Waals surface area contributed by atoms with Crippen LogP contribution in [0.2, 0.25) is 10.0 Å². The first-order valence-corrected chi connectivity index (χ1v) is 10.4. The van der Waals surface area contributed by atoms with Gasteiger partial charge in [-0.1, -0.05) is 29.3 Å². The largest absolute Gasteiger partial charge is 0.340 e. The fraction of sp³-hybridized carbons (Fsp3) is 0.167. The molecule has 0 spiro atoms. The maximum atomic E-state index is 12.5. The Kier molecular flexibility index (Phi) is 4.45. The van der Waals surface area contributed by atoms with Crippen LogP contribution in [0.1, 0.15) is 22.1 Å². The van der Waals surface area contributed by atoms with Gasteiger partial charge in [0.25, 0.3) is 0 Å². The molecule has 2 N–H and O–H groups in total. The number of imidazole rings is 1. The standard InChI is InChI=1S/C18H13Cl2N7OS/c1-8-13-15(10-3-2-9(19)4-11(10)20)29-5-12(28)25-17(13)27(26-8)18-14-16(22-6-21-14)23-7-24-18/h2-4,6-7,15H,5H2,1H3,(H,25,28)(H,21,22,23,24)/t15-/m0/s1. The zero-order chi connectivity index (χ0) is 20.1. The normalized spacial score (nSPS) is 16.5. The van der Waals surface area contributed by atoms with Crippen LogP contribution >= 0.6 is 35.0 Å². The number of aryl methyl sites for hydroxylation is 1. The Morgan fingerprint density at radius 2 is 2.10 bits per heavy atom. The van der Waals surface area contributed by atoms with Crippen molar-refractivity contribution in [1.82, 2.24) is 29.7 Å². The van der Waals surface area contributed by atoms with Gasteiger partial charge in [0.05, 0.1) is 23.0 Å². The molecule has 0 fully saturated rings. The highest BCUT2D eigenvalue weighted by Crippen LogP contribution is 2.46. The van der Waals surface area contributed by atoms with Crippen LogP contribution in [0.5, 0.6) is 0 Å². The number of aromatic amines is 1. The van der Waals surface area contributed by atoms with E-state index in [4.69, 9.17) is 23.2 Å². The van der Waals surface area contributed by atoms with Crippen molar-refractivity contribution in [1.29, 1.82) is 0 Å². The van der Waals surface area contributed by atoms with Crippen molar-refractivity contribution < 1.29 is 4.79 Å². The minimum absolute atomic E-state index is 0.125. The molecule has 0 bridgehead atoms. The van der Waals surface area contributed by atoms with Crippen molar-refractivity contribution >= 4 is 57.9 Å². The lowest BCUT2D eigenvalue weighted by atomic mass is 10.0. The number of H-pyrrole nitrogens is 1. The fourth-order valence-electron chi connectivity index (χ4n) is 3.41. The second kappa shape index (κ2) is 7.01. The van der Waals surface area contributed by atoms with Gasteiger partial charge in [0.2, 0.25) is 5.91 Å². The zero-order valence-corrected chi connectivity index (χ0v) is 17.3. The monoisotopic (exact) mass is 445 g/mol. The van der Waals surface area contributed by atoms with Gasteiger partial charge in [0.1, 0.15) is 17.7 Å². The lowest BCUT2D eigenvalue weighted by Gasteiger charge is -2.17. The maximum absolute atomic E-state index is 12.5. The van der Waals surface area contributed by atoms with Crippen molar-refractivity contribution in [2.24, 2.45) is 0 Å². The molecule has 0 aliphatic carbocycles. The van der Waals surface area contributed by atoms with Crippen LogP contribution in [-0.4, -0.2) is 41.4 Å². The van der Waals surface area contributed by atoms with Crippen molar-refractivity contribution in [3.05, 3.63) is 57.7 Å². The maximum Gasteiger partial charge on any atom is 0.235 e. The Balaban J connectivity index is 1.74. The highest BCUT2D eigenvalue weighted by molar-refractivity contribution is 8.00. The molecule has 8 nitrogen and oxygen atoms in total. The molecule has 0 saturated carbocycles. The molecular formula is C18H13Cl2N7OS. The number of amides is 1. The third-order valence-corrected chi connectivity index (χ3v) is 6.47. The third kappa shape index (κ3) is 3.06. The summed E-state index contributed by atoms with van der Waals surface area (Å²) in [6, 6.07) is 5.38. The number of fused-ring (bicyclic) bond motifs is 2. The van der Waals surface area contributed by atoms with Gasteiger partial charge in [-0.25, -0.2) is 15.0 Å². The number of thioether (sulfide) groups is 1. The molecular weight excluding hydrogens is 433 g/mol. The number of hydrogen-bond donors (Lipinski definition) is 2. The first-order valence-electron chi connectivity index (χ1n) is 8.63. The molecule has 3 aromatic heterocycles. The van der Waals surface area contributed by atoms with Gasteiger partial charge in [-0.3, -0.25) is 4.79 Å². The first-order chi connectivity index (χ1) is 14.0. The summed E-state index contributed by atoms with van der Waals surface area (Å²) in [5.74, 6) is 1.22. The number of benzene rings is 1. The Hall–Kier alpha value is -2.62. The molecule has 5 rings (SSSR count). The Bertz CT molecular complexity index is 1270. The van der Waals surface area contributed by atoms with Crippen molar-refractivity contribution in [2.45, 2.75) is 12.2 Å². The molecule has 4 heterocycles. The van der Waals surface area contributed by atoms with Crippen molar-refractivity contribution in [3.63, 3.8) is 0 Å². The lowest BCUT2D eigenvalue weighted by molar-refractivity contribution is -0.113. The number of halogens is 2. The lowest BCUT2D eigenvalue weighted by Crippen LogP contribution is -2.16. The molecule has 0 saturated heterocycles. The zero-order valence-electron chi connectivity index (χ0n) is 15.0. The molecule has 0 radical (unpaired) electrons. The number of carbonyl (C=O) groups is 1. The highest BCUT2D eigenvalue weighted by atomic mass is 35.5. The number of aromatic nitrogens is 6. The molecule has 11 heteroatoms. The number of carbonyl (C=O) groups excluding carboxylic acids is 1. The van der Waals surface area contributed by atoms with E-state index in [1.165, 1.54) is 18.1 Å². The molecule has 1 amide bonds. The van der Waals surface area contributed by atoms with Gasteiger partial charge in [-0.2, -0.15) is 9.78 Å². The van der Waals surface area contributed by atoms with Gasteiger partial charge in [-0.05, 0) is 24.6 Å². The topological polar surface area (TPSA) is 101 Å². The molecule has 1 aromatic carbocycles. The van der Waals surface area contributed by atoms with Crippen LogP contribution in [0.15, 0.2) is 30.9 Å². The van der Waals surface area contributed by atoms with E-state index >= 15 is 0 Å². The van der Waals surface area contributed by atoms with Crippen LogP contribution in [0, 0.1) is 6.92 Å². The molecule has 1 aliphatic rings. The summed E-state index contributed by atoms with van der Waals surface area (Å²) in [5.41, 5.74) is 3.65. The predicted molar refractivity (Wildman–Crippen MR) is 113 cm³/mol. The van der Waals surface area contributed by atoms with E-state index in [-0.39, 0.29) is 16.9 Å². The Labute approximate surface area is 179 Å². The van der Waals surface area contributed by atoms with E-state index in [2.05, 4.69) is 30.4 Å². The van der Waals surface area contributed by atoms with Crippen LogP contribution in [0.25, 0.3) is 17.0 Å².